The summed E-state index contributed by atoms with van der Waals surface area (Å²) in [6, 6.07) is 13.1. The Labute approximate surface area is 114 Å². The average molecular weight is 269 g/mol. The van der Waals surface area contributed by atoms with E-state index in [1.807, 2.05) is 24.3 Å². The van der Waals surface area contributed by atoms with E-state index in [1.54, 1.807) is 18.2 Å². The van der Waals surface area contributed by atoms with Crippen LogP contribution in [0.3, 0.4) is 0 Å². The molecule has 3 aromatic rings. The normalized spacial score (nSPS) is 12.5. The summed E-state index contributed by atoms with van der Waals surface area (Å²) in [5, 5.41) is 1.09. The Balaban J connectivity index is 2.16. The van der Waals surface area contributed by atoms with Crippen molar-refractivity contribution in [1.82, 2.24) is 0 Å². The molecule has 4 rings (SSSR count). The van der Waals surface area contributed by atoms with Gasteiger partial charge in [0.25, 0.3) is 0 Å². The second-order valence-corrected chi connectivity index (χ2v) is 5.14. The van der Waals surface area contributed by atoms with Crippen LogP contribution < -0.4 is 5.43 Å². The van der Waals surface area contributed by atoms with Gasteiger partial charge < -0.3 is 4.42 Å². The Morgan fingerprint density at radius 1 is 1.11 bits per heavy atom. The molecule has 0 unspecified atom stereocenters. The minimum atomic E-state index is 0.00343. The lowest BCUT2D eigenvalue weighted by Gasteiger charge is -2.03. The molecule has 0 spiro atoms. The molecule has 0 aliphatic heterocycles. The van der Waals surface area contributed by atoms with Gasteiger partial charge in [0.1, 0.15) is 11.3 Å². The maximum Gasteiger partial charge on any atom is 0.200 e. The summed E-state index contributed by atoms with van der Waals surface area (Å²) >= 11 is 5.96. The summed E-state index contributed by atoms with van der Waals surface area (Å²) in [4.78, 5) is 12.6. The summed E-state index contributed by atoms with van der Waals surface area (Å²) in [5.41, 5.74) is 3.41. The highest BCUT2D eigenvalue weighted by Gasteiger charge is 2.24. The lowest BCUT2D eigenvalue weighted by atomic mass is 10.1. The van der Waals surface area contributed by atoms with Crippen molar-refractivity contribution in [3.05, 3.63) is 69.0 Å². The van der Waals surface area contributed by atoms with Crippen LogP contribution in [0.15, 0.2) is 51.7 Å². The van der Waals surface area contributed by atoms with Crippen LogP contribution >= 0.6 is 11.6 Å². The SMILES string of the molecule is O=c1c2c(oc3ccc(Cl)cc13)Cc1ccccc1-2. The summed E-state index contributed by atoms with van der Waals surface area (Å²) in [7, 11) is 0. The molecule has 0 saturated carbocycles. The van der Waals surface area contributed by atoms with Crippen LogP contribution in [-0.4, -0.2) is 0 Å². The van der Waals surface area contributed by atoms with Gasteiger partial charge in [-0.05, 0) is 29.3 Å². The molecule has 1 aromatic heterocycles. The van der Waals surface area contributed by atoms with Gasteiger partial charge in [-0.25, -0.2) is 0 Å². The molecular weight excluding hydrogens is 260 g/mol. The Bertz CT molecular complexity index is 878. The van der Waals surface area contributed by atoms with E-state index in [0.717, 1.165) is 16.9 Å². The highest BCUT2D eigenvalue weighted by atomic mass is 35.5. The number of rotatable bonds is 0. The molecule has 2 nitrogen and oxygen atoms in total. The van der Waals surface area contributed by atoms with Crippen molar-refractivity contribution in [3.8, 4) is 11.1 Å². The Morgan fingerprint density at radius 2 is 1.95 bits per heavy atom. The Morgan fingerprint density at radius 3 is 2.84 bits per heavy atom. The van der Waals surface area contributed by atoms with E-state index in [0.29, 0.717) is 28.0 Å². The minimum absolute atomic E-state index is 0.00343. The molecule has 92 valence electrons. The summed E-state index contributed by atoms with van der Waals surface area (Å²) in [5.74, 6) is 0.751. The zero-order valence-electron chi connectivity index (χ0n) is 9.94. The third-order valence-corrected chi connectivity index (χ3v) is 3.80. The minimum Gasteiger partial charge on any atom is -0.460 e. The van der Waals surface area contributed by atoms with E-state index in [-0.39, 0.29) is 5.43 Å². The molecule has 1 aliphatic carbocycles. The van der Waals surface area contributed by atoms with Crippen molar-refractivity contribution >= 4 is 22.6 Å². The Hall–Kier alpha value is -2.06. The van der Waals surface area contributed by atoms with Gasteiger partial charge in [0.2, 0.25) is 5.43 Å². The maximum absolute atomic E-state index is 12.6. The fourth-order valence-corrected chi connectivity index (χ4v) is 2.87. The highest BCUT2D eigenvalue weighted by Crippen LogP contribution is 2.35. The van der Waals surface area contributed by atoms with Crippen LogP contribution in [0.5, 0.6) is 0 Å². The number of hydrogen-bond acceptors (Lipinski definition) is 2. The molecule has 19 heavy (non-hydrogen) atoms. The van der Waals surface area contributed by atoms with Crippen molar-refractivity contribution < 1.29 is 4.42 Å². The molecule has 0 fully saturated rings. The summed E-state index contributed by atoms with van der Waals surface area (Å²) in [6.45, 7) is 0. The number of halogens is 1. The zero-order chi connectivity index (χ0) is 13.0. The molecule has 0 radical (unpaired) electrons. The van der Waals surface area contributed by atoms with Crippen LogP contribution in [0, 0.1) is 0 Å². The molecular formula is C16H9ClO2. The molecule has 1 heterocycles. The molecule has 0 amide bonds. The lowest BCUT2D eigenvalue weighted by Crippen LogP contribution is -2.05. The fourth-order valence-electron chi connectivity index (χ4n) is 2.70. The van der Waals surface area contributed by atoms with Crippen molar-refractivity contribution in [2.45, 2.75) is 6.42 Å². The molecule has 0 bridgehead atoms. The number of hydrogen-bond donors (Lipinski definition) is 0. The monoisotopic (exact) mass is 268 g/mol. The second-order valence-electron chi connectivity index (χ2n) is 4.70. The van der Waals surface area contributed by atoms with Crippen LogP contribution in [0.25, 0.3) is 22.1 Å². The fraction of sp³-hybridized carbons (Fsp3) is 0.0625. The number of benzene rings is 2. The van der Waals surface area contributed by atoms with Gasteiger partial charge in [0.15, 0.2) is 0 Å². The van der Waals surface area contributed by atoms with Gasteiger partial charge >= 0.3 is 0 Å². The van der Waals surface area contributed by atoms with E-state index in [4.69, 9.17) is 16.0 Å². The van der Waals surface area contributed by atoms with Crippen molar-refractivity contribution in [2.24, 2.45) is 0 Å². The van der Waals surface area contributed by atoms with Crippen molar-refractivity contribution in [3.63, 3.8) is 0 Å². The van der Waals surface area contributed by atoms with Crippen molar-refractivity contribution in [1.29, 1.82) is 0 Å². The van der Waals surface area contributed by atoms with Gasteiger partial charge in [-0.2, -0.15) is 0 Å². The molecule has 0 saturated heterocycles. The average Bonchev–Trinajstić information content (AvgIpc) is 2.78. The topological polar surface area (TPSA) is 30.2 Å². The molecule has 2 aromatic carbocycles. The van der Waals surface area contributed by atoms with Crippen LogP contribution in [0.4, 0.5) is 0 Å². The molecule has 0 atom stereocenters. The van der Waals surface area contributed by atoms with Gasteiger partial charge in [-0.15, -0.1) is 0 Å². The Kier molecular flexibility index (Phi) is 2.12. The smallest absolute Gasteiger partial charge is 0.200 e. The molecule has 0 N–H and O–H groups in total. The van der Waals surface area contributed by atoms with E-state index in [2.05, 4.69) is 0 Å². The van der Waals surface area contributed by atoms with Gasteiger partial charge in [-0.1, -0.05) is 35.9 Å². The largest absolute Gasteiger partial charge is 0.460 e. The summed E-state index contributed by atoms with van der Waals surface area (Å²) < 4.78 is 5.86. The van der Waals surface area contributed by atoms with Crippen LogP contribution in [0.2, 0.25) is 5.02 Å². The van der Waals surface area contributed by atoms with E-state index in [1.165, 1.54) is 0 Å². The highest BCUT2D eigenvalue weighted by molar-refractivity contribution is 6.31. The quantitative estimate of drug-likeness (QED) is 0.482. The summed E-state index contributed by atoms with van der Waals surface area (Å²) in [6.07, 6.45) is 0.680. The van der Waals surface area contributed by atoms with E-state index < -0.39 is 0 Å². The second kappa shape index (κ2) is 3.72. The van der Waals surface area contributed by atoms with Gasteiger partial charge in [0.05, 0.1) is 10.9 Å². The lowest BCUT2D eigenvalue weighted by molar-refractivity contribution is 0.557. The van der Waals surface area contributed by atoms with Gasteiger partial charge in [-0.3, -0.25) is 4.79 Å². The van der Waals surface area contributed by atoms with Gasteiger partial charge in [0, 0.05) is 11.4 Å². The van der Waals surface area contributed by atoms with E-state index >= 15 is 0 Å². The third kappa shape index (κ3) is 1.47. The number of fused-ring (bicyclic) bond motifs is 4. The first kappa shape index (κ1) is 10.8. The van der Waals surface area contributed by atoms with Crippen molar-refractivity contribution in [2.75, 3.05) is 0 Å². The van der Waals surface area contributed by atoms with Crippen LogP contribution in [0.1, 0.15) is 11.3 Å². The third-order valence-electron chi connectivity index (χ3n) is 3.56. The predicted molar refractivity (Wildman–Crippen MR) is 75.7 cm³/mol. The predicted octanol–water partition coefficient (Wildman–Crippen LogP) is 4.02. The van der Waals surface area contributed by atoms with Crippen LogP contribution in [-0.2, 0) is 6.42 Å². The first-order valence-electron chi connectivity index (χ1n) is 6.07. The zero-order valence-corrected chi connectivity index (χ0v) is 10.7. The maximum atomic E-state index is 12.6. The first-order chi connectivity index (χ1) is 9.24. The standard InChI is InChI=1S/C16H9ClO2/c17-10-5-6-13-12(8-10)16(18)15-11-4-2-1-3-9(11)7-14(15)19-13/h1-6,8H,7H2. The molecule has 3 heteroatoms. The first-order valence-corrected chi connectivity index (χ1v) is 6.45. The molecule has 1 aliphatic rings. The van der Waals surface area contributed by atoms with E-state index in [9.17, 15) is 4.79 Å².